The Balaban J connectivity index is 1.52. The van der Waals surface area contributed by atoms with E-state index >= 15 is 0 Å². The zero-order chi connectivity index (χ0) is 19.8. The van der Waals surface area contributed by atoms with Crippen LogP contribution in [0.4, 0.5) is 13.9 Å². The predicted octanol–water partition coefficient (Wildman–Crippen LogP) is 3.72. The van der Waals surface area contributed by atoms with E-state index in [9.17, 15) is 18.4 Å². The number of halogens is 2. The first-order chi connectivity index (χ1) is 13.4. The molecule has 4 rings (SSSR count). The predicted molar refractivity (Wildman–Crippen MR) is 101 cm³/mol. The Kier molecular flexibility index (Phi) is 4.76. The van der Waals surface area contributed by atoms with Gasteiger partial charge in [0.1, 0.15) is 17.7 Å². The Bertz CT molecular complexity index is 1110. The van der Waals surface area contributed by atoms with Crippen LogP contribution < -0.4 is 10.9 Å². The van der Waals surface area contributed by atoms with Gasteiger partial charge in [0.15, 0.2) is 5.13 Å². The summed E-state index contributed by atoms with van der Waals surface area (Å²) in [4.78, 5) is 28.8. The molecule has 9 heteroatoms. The van der Waals surface area contributed by atoms with Crippen LogP contribution in [0.15, 0.2) is 40.5 Å². The zero-order valence-electron chi connectivity index (χ0n) is 14.9. The van der Waals surface area contributed by atoms with Gasteiger partial charge in [-0.25, -0.2) is 18.4 Å². The van der Waals surface area contributed by atoms with Crippen molar-refractivity contribution in [3.05, 3.63) is 63.4 Å². The third-order valence-electron chi connectivity index (χ3n) is 4.53. The van der Waals surface area contributed by atoms with Crippen LogP contribution in [0.3, 0.4) is 0 Å². The van der Waals surface area contributed by atoms with Crippen LogP contribution in [0, 0.1) is 11.6 Å². The third kappa shape index (κ3) is 3.70. The molecule has 1 unspecified atom stereocenters. The number of anilines is 1. The van der Waals surface area contributed by atoms with Gasteiger partial charge in [0.25, 0.3) is 11.5 Å². The average molecular weight is 402 g/mol. The molecule has 6 nitrogen and oxygen atoms in total. The van der Waals surface area contributed by atoms with Crippen LogP contribution in [0.1, 0.15) is 37.4 Å². The van der Waals surface area contributed by atoms with Gasteiger partial charge in [-0.2, -0.15) is 5.10 Å². The Labute approximate surface area is 162 Å². The quantitative estimate of drug-likeness (QED) is 0.706. The van der Waals surface area contributed by atoms with Crippen molar-refractivity contribution in [2.75, 3.05) is 5.32 Å². The van der Waals surface area contributed by atoms with E-state index in [1.807, 2.05) is 0 Å². The summed E-state index contributed by atoms with van der Waals surface area (Å²) < 4.78 is 28.1. The van der Waals surface area contributed by atoms with E-state index in [1.165, 1.54) is 12.1 Å². The molecule has 1 aliphatic carbocycles. The summed E-state index contributed by atoms with van der Waals surface area (Å²) in [6, 6.07) is 5.50. The summed E-state index contributed by atoms with van der Waals surface area (Å²) in [5.41, 5.74) is 0.875. The van der Waals surface area contributed by atoms with Gasteiger partial charge in [0.05, 0.1) is 11.4 Å². The maximum atomic E-state index is 13.9. The lowest BCUT2D eigenvalue weighted by Gasteiger charge is -2.13. The van der Waals surface area contributed by atoms with Gasteiger partial charge in [0, 0.05) is 29.0 Å². The highest BCUT2D eigenvalue weighted by Gasteiger charge is 2.27. The van der Waals surface area contributed by atoms with Crippen molar-refractivity contribution in [1.29, 1.82) is 0 Å². The van der Waals surface area contributed by atoms with Crippen molar-refractivity contribution in [1.82, 2.24) is 14.8 Å². The van der Waals surface area contributed by atoms with E-state index in [4.69, 9.17) is 0 Å². The van der Waals surface area contributed by atoms with E-state index in [1.54, 1.807) is 18.4 Å². The SMILES string of the molecule is CC(C(=O)Nc1nc(-c2ccc(F)cc2F)cs1)n1nc(C2CC2)ccc1=O. The first-order valence-electron chi connectivity index (χ1n) is 8.74. The van der Waals surface area contributed by atoms with E-state index in [2.05, 4.69) is 15.4 Å². The maximum absolute atomic E-state index is 13.9. The minimum absolute atomic E-state index is 0.140. The first kappa shape index (κ1) is 18.4. The molecule has 1 N–H and O–H groups in total. The minimum atomic E-state index is -0.832. The van der Waals surface area contributed by atoms with Crippen LogP contribution in [0.5, 0.6) is 0 Å². The highest BCUT2D eigenvalue weighted by atomic mass is 32.1. The van der Waals surface area contributed by atoms with Crippen LogP contribution in [0.25, 0.3) is 11.3 Å². The molecule has 1 amide bonds. The maximum Gasteiger partial charge on any atom is 0.267 e. The number of carbonyl (C=O) groups is 1. The Hall–Kier alpha value is -2.94. The van der Waals surface area contributed by atoms with Crippen molar-refractivity contribution in [3.63, 3.8) is 0 Å². The van der Waals surface area contributed by atoms with E-state index in [0.29, 0.717) is 5.92 Å². The smallest absolute Gasteiger partial charge is 0.267 e. The molecule has 1 atom stereocenters. The highest BCUT2D eigenvalue weighted by Crippen LogP contribution is 2.38. The number of amides is 1. The lowest BCUT2D eigenvalue weighted by molar-refractivity contribution is -0.119. The second-order valence-electron chi connectivity index (χ2n) is 6.64. The normalized spacial score (nSPS) is 14.7. The van der Waals surface area contributed by atoms with Gasteiger partial charge >= 0.3 is 0 Å². The summed E-state index contributed by atoms with van der Waals surface area (Å²) in [5, 5.41) is 8.75. The summed E-state index contributed by atoms with van der Waals surface area (Å²) in [7, 11) is 0. The fourth-order valence-corrected chi connectivity index (χ4v) is 3.50. The van der Waals surface area contributed by atoms with Gasteiger partial charge < -0.3 is 5.32 Å². The fraction of sp³-hybridized carbons (Fsp3) is 0.263. The molecule has 0 aliphatic heterocycles. The van der Waals surface area contributed by atoms with Crippen LogP contribution in [-0.4, -0.2) is 20.7 Å². The number of hydrogen-bond donors (Lipinski definition) is 1. The van der Waals surface area contributed by atoms with Crippen molar-refractivity contribution >= 4 is 22.4 Å². The molecule has 28 heavy (non-hydrogen) atoms. The molecule has 0 radical (unpaired) electrons. The van der Waals surface area contributed by atoms with Crippen molar-refractivity contribution in [2.45, 2.75) is 31.7 Å². The second-order valence-corrected chi connectivity index (χ2v) is 7.50. The lowest BCUT2D eigenvalue weighted by Crippen LogP contribution is -2.33. The number of hydrogen-bond acceptors (Lipinski definition) is 5. The van der Waals surface area contributed by atoms with Crippen LogP contribution >= 0.6 is 11.3 Å². The van der Waals surface area contributed by atoms with E-state index in [0.717, 1.165) is 46.7 Å². The van der Waals surface area contributed by atoms with Crippen molar-refractivity contribution in [2.24, 2.45) is 0 Å². The molecule has 1 fully saturated rings. The summed E-state index contributed by atoms with van der Waals surface area (Å²) in [6.07, 6.45) is 2.07. The van der Waals surface area contributed by atoms with Gasteiger partial charge in [-0.05, 0) is 38.0 Å². The Morgan fingerprint density at radius 2 is 2.07 bits per heavy atom. The molecule has 2 aromatic heterocycles. The lowest BCUT2D eigenvalue weighted by atomic mass is 10.1. The number of rotatable bonds is 5. The highest BCUT2D eigenvalue weighted by molar-refractivity contribution is 7.14. The van der Waals surface area contributed by atoms with Gasteiger partial charge in [-0.1, -0.05) is 0 Å². The number of aromatic nitrogens is 3. The Morgan fingerprint density at radius 1 is 1.29 bits per heavy atom. The molecule has 1 aliphatic rings. The number of benzene rings is 1. The number of carbonyl (C=O) groups excluding carboxylic acids is 1. The fourth-order valence-electron chi connectivity index (χ4n) is 2.79. The monoisotopic (exact) mass is 402 g/mol. The largest absolute Gasteiger partial charge is 0.300 e. The molecule has 0 saturated heterocycles. The summed E-state index contributed by atoms with van der Waals surface area (Å²) in [5.74, 6) is -1.51. The molecule has 0 bridgehead atoms. The number of nitrogens with zero attached hydrogens (tertiary/aromatic N) is 3. The molecular weight excluding hydrogens is 386 g/mol. The molecule has 0 spiro atoms. The van der Waals surface area contributed by atoms with E-state index in [-0.39, 0.29) is 21.9 Å². The van der Waals surface area contributed by atoms with E-state index < -0.39 is 23.6 Å². The van der Waals surface area contributed by atoms with Crippen LogP contribution in [0.2, 0.25) is 0 Å². The Morgan fingerprint density at radius 3 is 2.79 bits per heavy atom. The third-order valence-corrected chi connectivity index (χ3v) is 5.29. The number of nitrogens with one attached hydrogen (secondary N) is 1. The van der Waals surface area contributed by atoms with Gasteiger partial charge in [-0.3, -0.25) is 9.59 Å². The summed E-state index contributed by atoms with van der Waals surface area (Å²) in [6.45, 7) is 1.58. The van der Waals surface area contributed by atoms with Crippen molar-refractivity contribution in [3.8, 4) is 11.3 Å². The standard InChI is InChI=1S/C19H16F2N4O2S/c1-10(25-17(26)7-6-15(24-25)11-2-3-11)18(27)23-19-22-16(9-28-19)13-5-4-12(20)8-14(13)21/h4-11H,2-3H2,1H3,(H,22,23,27). The molecule has 2 heterocycles. The molecule has 3 aromatic rings. The van der Waals surface area contributed by atoms with Crippen molar-refractivity contribution < 1.29 is 13.6 Å². The second kappa shape index (κ2) is 7.23. The first-order valence-corrected chi connectivity index (χ1v) is 9.62. The van der Waals surface area contributed by atoms with Gasteiger partial charge in [-0.15, -0.1) is 11.3 Å². The average Bonchev–Trinajstić information content (AvgIpc) is 3.41. The van der Waals surface area contributed by atoms with Crippen LogP contribution in [-0.2, 0) is 4.79 Å². The topological polar surface area (TPSA) is 76.9 Å². The molecular formula is C19H16F2N4O2S. The molecule has 144 valence electrons. The zero-order valence-corrected chi connectivity index (χ0v) is 15.7. The minimum Gasteiger partial charge on any atom is -0.300 e. The number of thiazole rings is 1. The molecule has 1 saturated carbocycles. The van der Waals surface area contributed by atoms with Gasteiger partial charge in [0.2, 0.25) is 0 Å². The summed E-state index contributed by atoms with van der Waals surface area (Å²) >= 11 is 1.11. The molecule has 1 aromatic carbocycles.